The average molecular weight is 419 g/mol. The molecule has 3 aromatic rings. The molecule has 0 atom stereocenters. The van der Waals surface area contributed by atoms with E-state index in [1.165, 1.54) is 11.5 Å². The number of pyridine rings is 1. The second-order valence-electron chi connectivity index (χ2n) is 7.22. The minimum absolute atomic E-state index is 0.296. The van der Waals surface area contributed by atoms with E-state index in [1.807, 2.05) is 36.6 Å². The summed E-state index contributed by atoms with van der Waals surface area (Å²) in [4.78, 5) is 5.47. The summed E-state index contributed by atoms with van der Waals surface area (Å²) in [5.74, 6) is 0.387. The topological polar surface area (TPSA) is 81.5 Å². The van der Waals surface area contributed by atoms with Gasteiger partial charge in [0.2, 0.25) is 0 Å². The van der Waals surface area contributed by atoms with Gasteiger partial charge in [-0.05, 0) is 73.4 Å². The first-order valence-corrected chi connectivity index (χ1v) is 12.0. The summed E-state index contributed by atoms with van der Waals surface area (Å²) >= 11 is 1.52. The molecule has 1 aliphatic rings. The van der Waals surface area contributed by atoms with Crippen LogP contribution in [0.3, 0.4) is 0 Å². The lowest BCUT2D eigenvalue weighted by molar-refractivity contribution is 0.294. The Labute approximate surface area is 171 Å². The molecule has 0 bridgehead atoms. The van der Waals surface area contributed by atoms with Crippen LogP contribution in [-0.2, 0) is 0 Å². The number of anilines is 1. The molecule has 28 heavy (non-hydrogen) atoms. The van der Waals surface area contributed by atoms with Gasteiger partial charge in [0.15, 0.2) is 0 Å². The number of benzene rings is 1. The van der Waals surface area contributed by atoms with E-state index in [1.54, 1.807) is 0 Å². The number of fused-ring (bicyclic) bond motifs is 1. The van der Waals surface area contributed by atoms with Gasteiger partial charge in [0.25, 0.3) is 0 Å². The average Bonchev–Trinajstić information content (AvgIpc) is 3.15. The van der Waals surface area contributed by atoms with Crippen LogP contribution < -0.4 is 5.32 Å². The second kappa shape index (κ2) is 7.96. The summed E-state index contributed by atoms with van der Waals surface area (Å²) in [7, 11) is -2.60. The molecular formula is C20H26N4O2S2. The number of hydrogen-bond acceptors (Lipinski definition) is 7. The van der Waals surface area contributed by atoms with Gasteiger partial charge in [-0.3, -0.25) is 14.1 Å². The van der Waals surface area contributed by atoms with E-state index in [-0.39, 0.29) is 0 Å². The normalized spacial score (nSPS) is 17.1. The number of aromatic nitrogens is 2. The predicted molar refractivity (Wildman–Crippen MR) is 119 cm³/mol. The second-order valence-corrected chi connectivity index (χ2v) is 10.4. The SMILES string of the molecule is CCS(O)(O)N1CCC(Nc2cc(-c3cc(C)ns3)cc3ccncc23)CC1. The Morgan fingerprint density at radius 1 is 1.25 bits per heavy atom. The van der Waals surface area contributed by atoms with Crippen molar-refractivity contribution < 1.29 is 9.11 Å². The Balaban J connectivity index is 1.58. The van der Waals surface area contributed by atoms with E-state index in [0.29, 0.717) is 24.9 Å². The van der Waals surface area contributed by atoms with Gasteiger partial charge >= 0.3 is 0 Å². The molecule has 1 aromatic carbocycles. The molecular weight excluding hydrogens is 392 g/mol. The van der Waals surface area contributed by atoms with Crippen molar-refractivity contribution in [3.05, 3.63) is 42.4 Å². The van der Waals surface area contributed by atoms with E-state index in [2.05, 4.69) is 32.9 Å². The van der Waals surface area contributed by atoms with E-state index in [9.17, 15) is 9.11 Å². The van der Waals surface area contributed by atoms with Gasteiger partial charge in [-0.15, -0.1) is 10.8 Å². The molecule has 0 aliphatic carbocycles. The zero-order chi connectivity index (χ0) is 19.7. The molecule has 0 saturated carbocycles. The van der Waals surface area contributed by atoms with Crippen LogP contribution in [0.1, 0.15) is 25.5 Å². The molecule has 4 rings (SSSR count). The Morgan fingerprint density at radius 3 is 2.71 bits per heavy atom. The summed E-state index contributed by atoms with van der Waals surface area (Å²) in [5.41, 5.74) is 3.27. The molecule has 0 spiro atoms. The quantitative estimate of drug-likeness (QED) is 0.526. The maximum atomic E-state index is 10.2. The van der Waals surface area contributed by atoms with Crippen molar-refractivity contribution in [2.45, 2.75) is 32.7 Å². The minimum atomic E-state index is -2.60. The first-order valence-electron chi connectivity index (χ1n) is 9.55. The van der Waals surface area contributed by atoms with Crippen molar-refractivity contribution in [2.24, 2.45) is 0 Å². The molecule has 3 heterocycles. The van der Waals surface area contributed by atoms with Gasteiger partial charge in [-0.25, -0.2) is 4.31 Å². The van der Waals surface area contributed by atoms with Crippen molar-refractivity contribution >= 4 is 38.8 Å². The van der Waals surface area contributed by atoms with E-state index in [0.717, 1.165) is 45.4 Å². The third-order valence-electron chi connectivity index (χ3n) is 5.28. The zero-order valence-electron chi connectivity index (χ0n) is 16.1. The van der Waals surface area contributed by atoms with Crippen LogP contribution in [0.2, 0.25) is 0 Å². The Hall–Kier alpha value is -1.71. The summed E-state index contributed by atoms with van der Waals surface area (Å²) in [5, 5.41) is 5.95. The summed E-state index contributed by atoms with van der Waals surface area (Å²) < 4.78 is 26.6. The van der Waals surface area contributed by atoms with E-state index < -0.39 is 10.8 Å². The number of rotatable bonds is 5. The summed E-state index contributed by atoms with van der Waals surface area (Å²) in [6, 6.07) is 8.82. The van der Waals surface area contributed by atoms with Gasteiger partial charge in [-0.1, -0.05) is 0 Å². The number of aryl methyl sites for hydroxylation is 1. The molecule has 3 N–H and O–H groups in total. The van der Waals surface area contributed by atoms with E-state index in [4.69, 9.17) is 0 Å². The van der Waals surface area contributed by atoms with Gasteiger partial charge in [-0.2, -0.15) is 4.37 Å². The molecule has 150 valence electrons. The molecule has 1 saturated heterocycles. The van der Waals surface area contributed by atoms with Crippen molar-refractivity contribution in [3.8, 4) is 10.4 Å². The van der Waals surface area contributed by atoms with Gasteiger partial charge in [0.05, 0.1) is 16.3 Å². The Kier molecular flexibility index (Phi) is 5.57. The first kappa shape index (κ1) is 19.6. The van der Waals surface area contributed by atoms with Crippen LogP contribution in [0.5, 0.6) is 0 Å². The van der Waals surface area contributed by atoms with Crippen LogP contribution in [0, 0.1) is 6.92 Å². The standard InChI is InChI=1S/C20H26N4O2S2/c1-3-28(25,26)24-8-5-17(6-9-24)22-19-12-16(20-10-14(2)23-27-20)11-15-4-7-21-13-18(15)19/h4,7,10-13,17,22,25-26H,3,5-6,8-9H2,1-2H3. The lowest BCUT2D eigenvalue weighted by Gasteiger charge is -2.45. The van der Waals surface area contributed by atoms with Crippen LogP contribution in [0.15, 0.2) is 36.7 Å². The Bertz CT molecular complexity index is 968. The third-order valence-corrected chi connectivity index (χ3v) is 8.18. The summed E-state index contributed by atoms with van der Waals surface area (Å²) in [6.07, 6.45) is 5.48. The fourth-order valence-electron chi connectivity index (χ4n) is 3.65. The third kappa shape index (κ3) is 4.01. The number of nitrogens with zero attached hydrogens (tertiary/aromatic N) is 3. The highest BCUT2D eigenvalue weighted by Gasteiger charge is 2.27. The molecule has 8 heteroatoms. The molecule has 6 nitrogen and oxygen atoms in total. The number of nitrogens with one attached hydrogen (secondary N) is 1. The minimum Gasteiger partial charge on any atom is -0.382 e. The van der Waals surface area contributed by atoms with Crippen molar-refractivity contribution in [1.29, 1.82) is 0 Å². The molecule has 0 amide bonds. The molecule has 1 fully saturated rings. The maximum Gasteiger partial charge on any atom is 0.0553 e. The lowest BCUT2D eigenvalue weighted by Crippen LogP contribution is -2.40. The fraction of sp³-hybridized carbons (Fsp3) is 0.400. The van der Waals surface area contributed by atoms with Gasteiger partial charge in [0, 0.05) is 42.6 Å². The summed E-state index contributed by atoms with van der Waals surface area (Å²) in [6.45, 7) is 5.22. The Morgan fingerprint density at radius 2 is 2.04 bits per heavy atom. The van der Waals surface area contributed by atoms with Crippen molar-refractivity contribution in [2.75, 3.05) is 24.2 Å². The molecule has 2 aromatic heterocycles. The largest absolute Gasteiger partial charge is 0.382 e. The molecule has 0 radical (unpaired) electrons. The lowest BCUT2D eigenvalue weighted by atomic mass is 10.0. The van der Waals surface area contributed by atoms with Gasteiger partial charge < -0.3 is 5.32 Å². The monoisotopic (exact) mass is 418 g/mol. The fourth-order valence-corrected chi connectivity index (χ4v) is 5.56. The van der Waals surface area contributed by atoms with Gasteiger partial charge in [0.1, 0.15) is 0 Å². The zero-order valence-corrected chi connectivity index (χ0v) is 17.8. The first-order chi connectivity index (χ1) is 13.5. The smallest absolute Gasteiger partial charge is 0.0553 e. The highest BCUT2D eigenvalue weighted by Crippen LogP contribution is 2.44. The highest BCUT2D eigenvalue weighted by molar-refractivity contribution is 8.22. The maximum absolute atomic E-state index is 10.2. The number of piperidine rings is 1. The van der Waals surface area contributed by atoms with Crippen molar-refractivity contribution in [1.82, 2.24) is 13.7 Å². The predicted octanol–water partition coefficient (Wildman–Crippen LogP) is 5.23. The number of hydrogen-bond donors (Lipinski definition) is 3. The molecule has 1 aliphatic heterocycles. The van der Waals surface area contributed by atoms with E-state index >= 15 is 0 Å². The molecule has 0 unspecified atom stereocenters. The highest BCUT2D eigenvalue weighted by atomic mass is 32.3. The van der Waals surface area contributed by atoms with Crippen LogP contribution in [0.4, 0.5) is 5.69 Å². The van der Waals surface area contributed by atoms with Crippen LogP contribution in [-0.4, -0.2) is 47.7 Å². The van der Waals surface area contributed by atoms with Crippen molar-refractivity contribution in [3.63, 3.8) is 0 Å². The van der Waals surface area contributed by atoms with Crippen LogP contribution in [0.25, 0.3) is 21.2 Å². The van der Waals surface area contributed by atoms with Crippen LogP contribution >= 0.6 is 22.3 Å².